The summed E-state index contributed by atoms with van der Waals surface area (Å²) in [6.07, 6.45) is -0.614. The summed E-state index contributed by atoms with van der Waals surface area (Å²) in [5.41, 5.74) is 0.292. The smallest absolute Gasteiger partial charge is 0.270 e. The second-order valence-electron chi connectivity index (χ2n) is 5.93. The van der Waals surface area contributed by atoms with E-state index in [-0.39, 0.29) is 42.8 Å². The van der Waals surface area contributed by atoms with Gasteiger partial charge in [-0.15, -0.1) is 11.3 Å². The van der Waals surface area contributed by atoms with Crippen molar-refractivity contribution in [2.75, 3.05) is 26.8 Å². The molecule has 0 unspecified atom stereocenters. The number of nitrogens with zero attached hydrogens (tertiary/aromatic N) is 1. The first-order chi connectivity index (χ1) is 13.9. The van der Waals surface area contributed by atoms with Crippen molar-refractivity contribution in [3.05, 3.63) is 45.1 Å². The predicted molar refractivity (Wildman–Crippen MR) is 106 cm³/mol. The molecule has 0 aliphatic rings. The Labute approximate surface area is 176 Å². The van der Waals surface area contributed by atoms with Gasteiger partial charge < -0.3 is 25.2 Å². The van der Waals surface area contributed by atoms with E-state index in [9.17, 15) is 19.1 Å². The number of rotatable bonds is 11. The van der Waals surface area contributed by atoms with E-state index in [4.69, 9.17) is 21.1 Å². The summed E-state index contributed by atoms with van der Waals surface area (Å²) in [7, 11) is 1.55. The van der Waals surface area contributed by atoms with Gasteiger partial charge in [0.05, 0.1) is 17.7 Å². The van der Waals surface area contributed by atoms with Gasteiger partial charge in [0.25, 0.3) is 11.8 Å². The highest BCUT2D eigenvalue weighted by molar-refractivity contribution is 7.09. The minimum Gasteiger partial charge on any atom is -0.484 e. The zero-order valence-corrected chi connectivity index (χ0v) is 17.2. The molecule has 2 amide bonds. The first-order valence-electron chi connectivity index (χ1n) is 8.63. The second kappa shape index (κ2) is 11.7. The third-order valence-electron chi connectivity index (χ3n) is 3.61. The molecule has 158 valence electrons. The lowest BCUT2D eigenvalue weighted by atomic mass is 10.2. The number of benzene rings is 1. The molecular formula is C18H21ClFN3O5S. The summed E-state index contributed by atoms with van der Waals surface area (Å²) in [6.45, 7) is 0.209. The molecule has 0 spiro atoms. The quantitative estimate of drug-likeness (QED) is 0.486. The lowest BCUT2D eigenvalue weighted by Gasteiger charge is -2.13. The summed E-state index contributed by atoms with van der Waals surface area (Å²) in [4.78, 5) is 27.8. The van der Waals surface area contributed by atoms with Crippen LogP contribution in [0, 0.1) is 5.82 Å². The molecule has 1 aromatic carbocycles. The Morgan fingerprint density at radius 3 is 2.90 bits per heavy atom. The SMILES string of the molecule is COCc1nc(C(=O)NCC[C@H](O)CNC(=O)COc2ccc(Cl)c(F)c2)cs1. The molecule has 2 aromatic rings. The number of ether oxygens (including phenoxy) is 2. The molecule has 1 atom stereocenters. The lowest BCUT2D eigenvalue weighted by Crippen LogP contribution is -2.37. The monoisotopic (exact) mass is 445 g/mol. The fraction of sp³-hybridized carbons (Fsp3) is 0.389. The first kappa shape index (κ1) is 23.0. The van der Waals surface area contributed by atoms with Crippen LogP contribution in [-0.2, 0) is 16.1 Å². The number of methoxy groups -OCH3 is 1. The zero-order chi connectivity index (χ0) is 21.2. The molecule has 11 heteroatoms. The fourth-order valence-electron chi connectivity index (χ4n) is 2.15. The van der Waals surface area contributed by atoms with Crippen molar-refractivity contribution in [2.45, 2.75) is 19.1 Å². The van der Waals surface area contributed by atoms with Gasteiger partial charge in [0.1, 0.15) is 22.3 Å². The summed E-state index contributed by atoms with van der Waals surface area (Å²) < 4.78 is 23.4. The van der Waals surface area contributed by atoms with E-state index >= 15 is 0 Å². The van der Waals surface area contributed by atoms with Crippen LogP contribution in [-0.4, -0.2) is 54.8 Å². The van der Waals surface area contributed by atoms with Gasteiger partial charge in [-0.3, -0.25) is 9.59 Å². The van der Waals surface area contributed by atoms with Gasteiger partial charge in [-0.25, -0.2) is 9.37 Å². The zero-order valence-electron chi connectivity index (χ0n) is 15.6. The summed E-state index contributed by atoms with van der Waals surface area (Å²) >= 11 is 6.89. The van der Waals surface area contributed by atoms with Crippen molar-refractivity contribution in [3.63, 3.8) is 0 Å². The molecule has 0 saturated carbocycles. The molecule has 0 bridgehead atoms. The fourth-order valence-corrected chi connectivity index (χ4v) is 3.01. The van der Waals surface area contributed by atoms with Crippen molar-refractivity contribution < 1.29 is 28.6 Å². The minimum atomic E-state index is -0.855. The number of carbonyl (C=O) groups excluding carboxylic acids is 2. The molecule has 0 aliphatic carbocycles. The molecule has 0 aliphatic heterocycles. The molecular weight excluding hydrogens is 425 g/mol. The number of carbonyl (C=O) groups is 2. The summed E-state index contributed by atoms with van der Waals surface area (Å²) in [5, 5.41) is 17.3. The number of aliphatic hydroxyl groups is 1. The third-order valence-corrected chi connectivity index (χ3v) is 4.74. The van der Waals surface area contributed by atoms with Crippen LogP contribution in [0.15, 0.2) is 23.6 Å². The number of aromatic nitrogens is 1. The van der Waals surface area contributed by atoms with Gasteiger partial charge in [0.15, 0.2) is 6.61 Å². The van der Waals surface area contributed by atoms with Crippen molar-refractivity contribution in [1.29, 1.82) is 0 Å². The lowest BCUT2D eigenvalue weighted by molar-refractivity contribution is -0.123. The van der Waals surface area contributed by atoms with Crippen LogP contribution in [0.4, 0.5) is 4.39 Å². The Kier molecular flexibility index (Phi) is 9.26. The van der Waals surface area contributed by atoms with E-state index in [2.05, 4.69) is 15.6 Å². The predicted octanol–water partition coefficient (Wildman–Crippen LogP) is 1.76. The van der Waals surface area contributed by atoms with Crippen LogP contribution in [0.3, 0.4) is 0 Å². The van der Waals surface area contributed by atoms with Crippen LogP contribution < -0.4 is 15.4 Å². The van der Waals surface area contributed by atoms with Crippen molar-refractivity contribution in [3.8, 4) is 5.75 Å². The topological polar surface area (TPSA) is 110 Å². The largest absolute Gasteiger partial charge is 0.484 e. The highest BCUT2D eigenvalue weighted by Gasteiger charge is 2.12. The Morgan fingerprint density at radius 2 is 2.17 bits per heavy atom. The molecule has 0 saturated heterocycles. The molecule has 8 nitrogen and oxygen atoms in total. The number of hydrogen-bond donors (Lipinski definition) is 3. The van der Waals surface area contributed by atoms with E-state index in [1.54, 1.807) is 12.5 Å². The van der Waals surface area contributed by atoms with Gasteiger partial charge in [-0.05, 0) is 18.6 Å². The van der Waals surface area contributed by atoms with Gasteiger partial charge in [0.2, 0.25) is 0 Å². The Bertz CT molecular complexity index is 836. The Hall–Kier alpha value is -2.27. The van der Waals surface area contributed by atoms with Crippen molar-refractivity contribution in [2.24, 2.45) is 0 Å². The van der Waals surface area contributed by atoms with Crippen molar-refractivity contribution in [1.82, 2.24) is 15.6 Å². The highest BCUT2D eigenvalue weighted by Crippen LogP contribution is 2.20. The maximum atomic E-state index is 13.3. The van der Waals surface area contributed by atoms with Gasteiger partial charge in [0, 0.05) is 31.6 Å². The van der Waals surface area contributed by atoms with E-state index in [0.717, 1.165) is 6.07 Å². The van der Waals surface area contributed by atoms with Gasteiger partial charge in [-0.1, -0.05) is 11.6 Å². The highest BCUT2D eigenvalue weighted by atomic mass is 35.5. The molecule has 3 N–H and O–H groups in total. The Morgan fingerprint density at radius 1 is 1.38 bits per heavy atom. The molecule has 29 heavy (non-hydrogen) atoms. The maximum Gasteiger partial charge on any atom is 0.270 e. The third kappa shape index (κ3) is 7.94. The minimum absolute atomic E-state index is 0.0122. The second-order valence-corrected chi connectivity index (χ2v) is 7.28. The van der Waals surface area contributed by atoms with E-state index in [1.165, 1.54) is 23.5 Å². The number of aliphatic hydroxyl groups excluding tert-OH is 1. The van der Waals surface area contributed by atoms with Crippen LogP contribution >= 0.6 is 22.9 Å². The van der Waals surface area contributed by atoms with Gasteiger partial charge >= 0.3 is 0 Å². The van der Waals surface area contributed by atoms with E-state index in [1.807, 2.05) is 0 Å². The molecule has 1 heterocycles. The first-order valence-corrected chi connectivity index (χ1v) is 9.89. The summed E-state index contributed by atoms with van der Waals surface area (Å²) in [5.74, 6) is -1.30. The normalized spacial score (nSPS) is 11.7. The molecule has 0 radical (unpaired) electrons. The molecule has 0 fully saturated rings. The molecule has 2 rings (SSSR count). The van der Waals surface area contributed by atoms with Crippen LogP contribution in [0.2, 0.25) is 5.02 Å². The Balaban J connectivity index is 1.61. The van der Waals surface area contributed by atoms with Crippen molar-refractivity contribution >= 4 is 34.8 Å². The van der Waals surface area contributed by atoms with Crippen LogP contribution in [0.25, 0.3) is 0 Å². The maximum absolute atomic E-state index is 13.3. The standard InChI is InChI=1S/C18H21ClFN3O5S/c1-27-9-17-23-15(10-29-17)18(26)21-5-4-11(24)7-22-16(25)8-28-12-2-3-13(19)14(20)6-12/h2-3,6,10-11,24H,4-5,7-9H2,1H3,(H,21,26)(H,22,25)/t11-/m0/s1. The number of thiazole rings is 1. The molecule has 1 aromatic heterocycles. The van der Waals surface area contributed by atoms with Crippen LogP contribution in [0.1, 0.15) is 21.9 Å². The number of halogens is 2. The van der Waals surface area contributed by atoms with Crippen LogP contribution in [0.5, 0.6) is 5.75 Å². The van der Waals surface area contributed by atoms with E-state index in [0.29, 0.717) is 17.3 Å². The number of hydrogen-bond acceptors (Lipinski definition) is 7. The average Bonchev–Trinajstić information content (AvgIpc) is 3.16. The average molecular weight is 446 g/mol. The van der Waals surface area contributed by atoms with Gasteiger partial charge in [-0.2, -0.15) is 0 Å². The van der Waals surface area contributed by atoms with E-state index < -0.39 is 17.8 Å². The number of amides is 2. The summed E-state index contributed by atoms with van der Waals surface area (Å²) in [6, 6.07) is 3.84. The number of nitrogens with one attached hydrogen (secondary N) is 2.